The van der Waals surface area contributed by atoms with Crippen LogP contribution < -0.4 is 5.48 Å². The van der Waals surface area contributed by atoms with E-state index in [4.69, 9.17) is 9.57 Å². The quantitative estimate of drug-likeness (QED) is 0.837. The zero-order valence-corrected chi connectivity index (χ0v) is 10.8. The van der Waals surface area contributed by atoms with E-state index in [9.17, 15) is 4.79 Å². The molecule has 1 N–H and O–H groups in total. The maximum atomic E-state index is 12.3. The molecule has 1 aliphatic heterocycles. The van der Waals surface area contributed by atoms with Gasteiger partial charge in [0.25, 0.3) is 5.91 Å². The van der Waals surface area contributed by atoms with Gasteiger partial charge in [-0.25, -0.2) is 5.48 Å². The molecule has 1 aliphatic carbocycles. The van der Waals surface area contributed by atoms with Crippen LogP contribution in [0.2, 0.25) is 0 Å². The summed E-state index contributed by atoms with van der Waals surface area (Å²) in [6.45, 7) is 1.02. The number of hydrogen-bond donors (Lipinski definition) is 1. The summed E-state index contributed by atoms with van der Waals surface area (Å²) in [4.78, 5) is 21.6. The Morgan fingerprint density at radius 3 is 3.37 bits per heavy atom. The fourth-order valence-electron chi connectivity index (χ4n) is 3.10. The minimum atomic E-state index is -0.352. The predicted octanol–water partition coefficient (Wildman–Crippen LogP) is 1.59. The fraction of sp³-hybridized carbons (Fsp3) is 0.571. The van der Waals surface area contributed by atoms with Gasteiger partial charge in [-0.3, -0.25) is 14.6 Å². The minimum absolute atomic E-state index is 0.0311. The molecule has 5 nitrogen and oxygen atoms in total. The van der Waals surface area contributed by atoms with Gasteiger partial charge in [-0.1, -0.05) is 6.07 Å². The van der Waals surface area contributed by atoms with Gasteiger partial charge >= 0.3 is 0 Å². The number of pyridine rings is 1. The van der Waals surface area contributed by atoms with Crippen LogP contribution in [0.25, 0.3) is 0 Å². The number of amides is 1. The van der Waals surface area contributed by atoms with Crippen molar-refractivity contribution in [3.05, 3.63) is 30.1 Å². The second-order valence-corrected chi connectivity index (χ2v) is 5.24. The molecule has 1 aromatic rings. The Hall–Kier alpha value is -1.46. The molecular weight excluding hydrogens is 244 g/mol. The predicted molar refractivity (Wildman–Crippen MR) is 67.8 cm³/mol. The zero-order valence-electron chi connectivity index (χ0n) is 10.8. The topological polar surface area (TPSA) is 60.5 Å². The lowest BCUT2D eigenvalue weighted by atomic mass is 9.82. The van der Waals surface area contributed by atoms with E-state index in [0.717, 1.165) is 31.2 Å². The van der Waals surface area contributed by atoms with Gasteiger partial charge in [0.05, 0.1) is 11.5 Å². The average Bonchev–Trinajstić information content (AvgIpc) is 3.00. The molecule has 1 saturated carbocycles. The highest BCUT2D eigenvalue weighted by molar-refractivity contribution is 5.83. The van der Waals surface area contributed by atoms with Gasteiger partial charge in [-0.2, -0.15) is 0 Å². The van der Waals surface area contributed by atoms with Crippen molar-refractivity contribution in [2.24, 2.45) is 5.41 Å². The summed E-state index contributed by atoms with van der Waals surface area (Å²) in [6.07, 6.45) is 7.26. The van der Waals surface area contributed by atoms with Crippen LogP contribution in [0.5, 0.6) is 0 Å². The van der Waals surface area contributed by atoms with E-state index in [-0.39, 0.29) is 17.4 Å². The second-order valence-electron chi connectivity index (χ2n) is 5.24. The van der Waals surface area contributed by atoms with Gasteiger partial charge in [-0.05, 0) is 37.3 Å². The molecule has 3 rings (SSSR count). The molecular formula is C14H18N2O3. The van der Waals surface area contributed by atoms with Crippen molar-refractivity contribution in [1.29, 1.82) is 0 Å². The Morgan fingerprint density at radius 1 is 1.58 bits per heavy atom. The smallest absolute Gasteiger partial charge is 0.252 e. The molecule has 0 bridgehead atoms. The van der Waals surface area contributed by atoms with Crippen molar-refractivity contribution in [3.8, 4) is 0 Å². The fourth-order valence-corrected chi connectivity index (χ4v) is 3.10. The SMILES string of the molecule is O=C(NOCc1cccnc1)[C@]12CCC[C@H]1OCC2. The van der Waals surface area contributed by atoms with Crippen LogP contribution in [-0.2, 0) is 21.0 Å². The first-order valence-corrected chi connectivity index (χ1v) is 6.74. The molecule has 0 spiro atoms. The van der Waals surface area contributed by atoms with Crippen molar-refractivity contribution < 1.29 is 14.4 Å². The highest BCUT2D eigenvalue weighted by Gasteiger charge is 2.53. The van der Waals surface area contributed by atoms with Crippen LogP contribution in [-0.4, -0.2) is 23.6 Å². The molecule has 102 valence electrons. The summed E-state index contributed by atoms with van der Waals surface area (Å²) in [7, 11) is 0. The third kappa shape index (κ3) is 2.35. The van der Waals surface area contributed by atoms with Gasteiger partial charge in [0.1, 0.15) is 6.61 Å². The number of ether oxygens (including phenoxy) is 1. The van der Waals surface area contributed by atoms with Crippen molar-refractivity contribution in [2.45, 2.75) is 38.4 Å². The molecule has 19 heavy (non-hydrogen) atoms. The van der Waals surface area contributed by atoms with Crippen LogP contribution in [0.15, 0.2) is 24.5 Å². The molecule has 5 heteroatoms. The van der Waals surface area contributed by atoms with E-state index in [1.807, 2.05) is 12.1 Å². The molecule has 2 heterocycles. The molecule has 2 aliphatic rings. The molecule has 1 amide bonds. The minimum Gasteiger partial charge on any atom is -0.377 e. The number of rotatable bonds is 4. The Kier molecular flexibility index (Phi) is 3.48. The zero-order chi connectivity index (χ0) is 13.1. The number of aromatic nitrogens is 1. The Balaban J connectivity index is 1.54. The van der Waals surface area contributed by atoms with Gasteiger partial charge in [0.2, 0.25) is 0 Å². The first kappa shape index (κ1) is 12.6. The van der Waals surface area contributed by atoms with Crippen LogP contribution in [0.1, 0.15) is 31.2 Å². The highest BCUT2D eigenvalue weighted by atomic mass is 16.7. The first-order chi connectivity index (χ1) is 9.31. The lowest BCUT2D eigenvalue weighted by Crippen LogP contribution is -2.43. The molecule has 0 radical (unpaired) electrons. The van der Waals surface area contributed by atoms with E-state index in [0.29, 0.717) is 13.2 Å². The highest BCUT2D eigenvalue weighted by Crippen LogP contribution is 2.47. The maximum Gasteiger partial charge on any atom is 0.252 e. The number of carbonyl (C=O) groups excluding carboxylic acids is 1. The number of hydrogen-bond acceptors (Lipinski definition) is 4. The molecule has 2 fully saturated rings. The Morgan fingerprint density at radius 2 is 2.53 bits per heavy atom. The van der Waals surface area contributed by atoms with Crippen molar-refractivity contribution in [1.82, 2.24) is 10.5 Å². The van der Waals surface area contributed by atoms with Gasteiger partial charge in [0, 0.05) is 19.0 Å². The number of fused-ring (bicyclic) bond motifs is 1. The number of nitrogens with one attached hydrogen (secondary N) is 1. The number of hydroxylamine groups is 1. The third-order valence-corrected chi connectivity index (χ3v) is 4.15. The maximum absolute atomic E-state index is 12.3. The second kappa shape index (κ2) is 5.27. The van der Waals surface area contributed by atoms with Crippen molar-refractivity contribution in [3.63, 3.8) is 0 Å². The molecule has 1 aromatic heterocycles. The summed E-state index contributed by atoms with van der Waals surface area (Å²) < 4.78 is 5.64. The van der Waals surface area contributed by atoms with Gasteiger partial charge < -0.3 is 4.74 Å². The monoisotopic (exact) mass is 262 g/mol. The van der Waals surface area contributed by atoms with Gasteiger partial charge in [0.15, 0.2) is 0 Å². The summed E-state index contributed by atoms with van der Waals surface area (Å²) in [5.74, 6) is -0.0311. The summed E-state index contributed by atoms with van der Waals surface area (Å²) in [5.41, 5.74) is 3.17. The molecule has 1 saturated heterocycles. The van der Waals surface area contributed by atoms with Crippen LogP contribution in [0, 0.1) is 5.41 Å². The molecule has 0 aromatic carbocycles. The lowest BCUT2D eigenvalue weighted by Gasteiger charge is -2.25. The third-order valence-electron chi connectivity index (χ3n) is 4.15. The number of carbonyl (C=O) groups is 1. The standard InChI is InChI=1S/C14H18N2O3/c17-13(14-5-1-4-12(14)18-8-6-14)16-19-10-11-3-2-7-15-9-11/h2-3,7,9,12H,1,4-6,8,10H2,(H,16,17)/t12-,14+/m1/s1. The molecule has 2 atom stereocenters. The number of nitrogens with zero attached hydrogens (tertiary/aromatic N) is 1. The van der Waals surface area contributed by atoms with E-state index >= 15 is 0 Å². The summed E-state index contributed by atoms with van der Waals surface area (Å²) in [6, 6.07) is 3.76. The lowest BCUT2D eigenvalue weighted by molar-refractivity contribution is -0.147. The van der Waals surface area contributed by atoms with Crippen molar-refractivity contribution >= 4 is 5.91 Å². The first-order valence-electron chi connectivity index (χ1n) is 6.74. The van der Waals surface area contributed by atoms with E-state index < -0.39 is 0 Å². The normalized spacial score (nSPS) is 29.2. The summed E-state index contributed by atoms with van der Waals surface area (Å²) >= 11 is 0. The summed E-state index contributed by atoms with van der Waals surface area (Å²) in [5, 5.41) is 0. The Labute approximate surface area is 112 Å². The largest absolute Gasteiger partial charge is 0.377 e. The molecule has 0 unspecified atom stereocenters. The van der Waals surface area contributed by atoms with E-state index in [1.54, 1.807) is 12.4 Å². The van der Waals surface area contributed by atoms with Crippen LogP contribution >= 0.6 is 0 Å². The van der Waals surface area contributed by atoms with E-state index in [2.05, 4.69) is 10.5 Å². The van der Waals surface area contributed by atoms with E-state index in [1.165, 1.54) is 0 Å². The average molecular weight is 262 g/mol. The Bertz CT molecular complexity index is 439. The van der Waals surface area contributed by atoms with Crippen LogP contribution in [0.4, 0.5) is 0 Å². The van der Waals surface area contributed by atoms with Crippen molar-refractivity contribution in [2.75, 3.05) is 6.61 Å². The van der Waals surface area contributed by atoms with Crippen LogP contribution in [0.3, 0.4) is 0 Å². The van der Waals surface area contributed by atoms with Gasteiger partial charge in [-0.15, -0.1) is 0 Å².